The van der Waals surface area contributed by atoms with Crippen molar-refractivity contribution in [3.8, 4) is 0 Å². The molecule has 6 nitrogen and oxygen atoms in total. The molecule has 0 aromatic heterocycles. The zero-order valence-electron chi connectivity index (χ0n) is 11.8. The number of aliphatic hydroxyl groups excluding tert-OH is 5. The predicted molar refractivity (Wildman–Crippen MR) is 83.8 cm³/mol. The van der Waals surface area contributed by atoms with E-state index in [1.54, 1.807) is 4.90 Å². The molecule has 0 aromatic rings. The molecule has 0 bridgehead atoms. The van der Waals surface area contributed by atoms with E-state index in [9.17, 15) is 20.4 Å². The van der Waals surface area contributed by atoms with E-state index in [1.807, 2.05) is 13.8 Å². The van der Waals surface area contributed by atoms with Crippen molar-refractivity contribution in [1.29, 1.82) is 0 Å². The molecule has 0 spiro atoms. The van der Waals surface area contributed by atoms with Gasteiger partial charge in [-0.3, -0.25) is 0 Å². The highest BCUT2D eigenvalue weighted by Gasteiger charge is 2.32. The summed E-state index contributed by atoms with van der Waals surface area (Å²) < 4.78 is 0.294. The second kappa shape index (κ2) is 9.88. The summed E-state index contributed by atoms with van der Waals surface area (Å²) in [6.07, 6.45) is -4.46. The molecule has 0 unspecified atom stereocenters. The van der Waals surface area contributed by atoms with Crippen LogP contribution in [-0.2, 0) is 0 Å². The van der Waals surface area contributed by atoms with Crippen LogP contribution in [0.2, 0.25) is 0 Å². The molecule has 0 aromatic carbocycles. The van der Waals surface area contributed by atoms with E-state index in [0.29, 0.717) is 4.32 Å². The Balaban J connectivity index is 4.75. The van der Waals surface area contributed by atoms with Gasteiger partial charge in [-0.2, -0.15) is 0 Å². The van der Waals surface area contributed by atoms with Crippen LogP contribution >= 0.6 is 24.8 Å². The van der Waals surface area contributed by atoms with E-state index in [-0.39, 0.29) is 12.6 Å². The summed E-state index contributed by atoms with van der Waals surface area (Å²) in [4.78, 5) is 1.67. The van der Waals surface area contributed by atoms with Gasteiger partial charge in [0.05, 0.1) is 6.61 Å². The number of thiol groups is 1. The first-order chi connectivity index (χ1) is 9.29. The Morgan fingerprint density at radius 1 is 1.05 bits per heavy atom. The Bertz CT molecular complexity index is 291. The second-order valence-electron chi connectivity index (χ2n) is 4.70. The van der Waals surface area contributed by atoms with Crippen molar-refractivity contribution < 1.29 is 25.5 Å². The minimum absolute atomic E-state index is 0.00887. The summed E-state index contributed by atoms with van der Waals surface area (Å²) in [5.74, 6) is 0. The lowest BCUT2D eigenvalue weighted by atomic mass is 10.0. The van der Waals surface area contributed by atoms with Crippen molar-refractivity contribution in [2.45, 2.75) is 57.1 Å². The van der Waals surface area contributed by atoms with Crippen molar-refractivity contribution in [2.24, 2.45) is 0 Å². The summed E-state index contributed by atoms with van der Waals surface area (Å²) >= 11 is 9.12. The number of hydrogen-bond acceptors (Lipinski definition) is 6. The standard InChI is InChI=1S/C12H25NO5S2/c1-3-7(4-2)13(12(19)20)5-8(15)10(17)11(18)9(16)6-14/h7-11,14-18H,3-6H2,1-2H3,(H,19,20)/t8-,9+,10+,11+/m0/s1. The maximum Gasteiger partial charge on any atom is 0.133 e. The highest BCUT2D eigenvalue weighted by molar-refractivity contribution is 8.10. The predicted octanol–water partition coefficient (Wildman–Crippen LogP) is -0.872. The van der Waals surface area contributed by atoms with Gasteiger partial charge in [-0.05, 0) is 12.8 Å². The SMILES string of the molecule is CCC(CC)N(C[C@H](O)[C@@H](O)[C@H](O)[C@H](O)CO)C(=S)S. The Morgan fingerprint density at radius 3 is 1.85 bits per heavy atom. The van der Waals surface area contributed by atoms with Gasteiger partial charge in [0.1, 0.15) is 28.7 Å². The van der Waals surface area contributed by atoms with Gasteiger partial charge in [-0.15, -0.1) is 12.6 Å². The summed E-state index contributed by atoms with van der Waals surface area (Å²) in [5.41, 5.74) is 0. The third kappa shape index (κ3) is 5.80. The fourth-order valence-electron chi connectivity index (χ4n) is 1.99. The minimum Gasteiger partial charge on any atom is -0.394 e. The fourth-order valence-corrected chi connectivity index (χ4v) is 2.45. The molecular formula is C12H25NO5S2. The lowest BCUT2D eigenvalue weighted by Crippen LogP contribution is -2.51. The number of rotatable bonds is 9. The van der Waals surface area contributed by atoms with Gasteiger partial charge in [0.25, 0.3) is 0 Å². The first-order valence-electron chi connectivity index (χ1n) is 6.62. The van der Waals surface area contributed by atoms with Crippen molar-refractivity contribution in [1.82, 2.24) is 4.90 Å². The Kier molecular flexibility index (Phi) is 9.90. The van der Waals surface area contributed by atoms with Crippen LogP contribution in [0.4, 0.5) is 0 Å². The summed E-state index contributed by atoms with van der Waals surface area (Å²) in [6, 6.07) is 0.0711. The molecule has 0 aliphatic heterocycles. The van der Waals surface area contributed by atoms with E-state index < -0.39 is 31.0 Å². The third-order valence-corrected chi connectivity index (χ3v) is 3.83. The van der Waals surface area contributed by atoms with Crippen molar-refractivity contribution in [3.05, 3.63) is 0 Å². The number of thiocarbonyl (C=S) groups is 1. The van der Waals surface area contributed by atoms with Crippen LogP contribution in [-0.4, -0.2) is 78.4 Å². The molecule has 0 saturated heterocycles. The third-order valence-electron chi connectivity index (χ3n) is 3.34. The van der Waals surface area contributed by atoms with Gasteiger partial charge in [0.2, 0.25) is 0 Å². The minimum atomic E-state index is -1.63. The summed E-state index contributed by atoms with van der Waals surface area (Å²) in [6.45, 7) is 3.23. The molecule has 0 amide bonds. The van der Waals surface area contributed by atoms with Gasteiger partial charge >= 0.3 is 0 Å². The monoisotopic (exact) mass is 327 g/mol. The van der Waals surface area contributed by atoms with Crippen LogP contribution < -0.4 is 0 Å². The quantitative estimate of drug-likeness (QED) is 0.242. The van der Waals surface area contributed by atoms with Gasteiger partial charge in [-0.25, -0.2) is 0 Å². The zero-order chi connectivity index (χ0) is 15.9. The molecule has 4 atom stereocenters. The van der Waals surface area contributed by atoms with E-state index >= 15 is 0 Å². The topological polar surface area (TPSA) is 104 Å². The number of hydrogen-bond donors (Lipinski definition) is 6. The van der Waals surface area contributed by atoms with Gasteiger partial charge in [0, 0.05) is 12.6 Å². The fraction of sp³-hybridized carbons (Fsp3) is 0.917. The summed E-state index contributed by atoms with van der Waals surface area (Å²) in [5, 5.41) is 47.3. The molecule has 0 rings (SSSR count). The molecular weight excluding hydrogens is 302 g/mol. The van der Waals surface area contributed by atoms with Crippen molar-refractivity contribution in [2.75, 3.05) is 13.2 Å². The van der Waals surface area contributed by atoms with Crippen LogP contribution in [0.15, 0.2) is 0 Å². The maximum absolute atomic E-state index is 9.95. The Morgan fingerprint density at radius 2 is 1.50 bits per heavy atom. The first kappa shape index (κ1) is 20.0. The van der Waals surface area contributed by atoms with Crippen LogP contribution in [0.3, 0.4) is 0 Å². The average Bonchev–Trinajstić information content (AvgIpc) is 2.44. The summed E-state index contributed by atoms with van der Waals surface area (Å²) in [7, 11) is 0. The number of aliphatic hydroxyl groups is 5. The van der Waals surface area contributed by atoms with Crippen LogP contribution in [0, 0.1) is 0 Å². The molecule has 0 fully saturated rings. The molecule has 0 aliphatic rings. The number of nitrogens with zero attached hydrogens (tertiary/aromatic N) is 1. The lowest BCUT2D eigenvalue weighted by Gasteiger charge is -2.35. The van der Waals surface area contributed by atoms with E-state index in [2.05, 4.69) is 12.6 Å². The zero-order valence-corrected chi connectivity index (χ0v) is 13.5. The molecule has 8 heteroatoms. The molecule has 5 N–H and O–H groups in total. The van der Waals surface area contributed by atoms with E-state index in [0.717, 1.165) is 12.8 Å². The maximum atomic E-state index is 9.95. The molecule has 20 heavy (non-hydrogen) atoms. The molecule has 0 aliphatic carbocycles. The van der Waals surface area contributed by atoms with E-state index in [4.69, 9.17) is 17.3 Å². The van der Waals surface area contributed by atoms with Crippen LogP contribution in [0.5, 0.6) is 0 Å². The molecule has 0 radical (unpaired) electrons. The van der Waals surface area contributed by atoms with Crippen molar-refractivity contribution in [3.63, 3.8) is 0 Å². The molecule has 0 saturated carbocycles. The van der Waals surface area contributed by atoms with Gasteiger partial charge < -0.3 is 30.4 Å². The lowest BCUT2D eigenvalue weighted by molar-refractivity contribution is -0.118. The average molecular weight is 327 g/mol. The molecule has 0 heterocycles. The van der Waals surface area contributed by atoms with Crippen LogP contribution in [0.1, 0.15) is 26.7 Å². The Labute approximate surface area is 130 Å². The smallest absolute Gasteiger partial charge is 0.133 e. The largest absolute Gasteiger partial charge is 0.394 e. The van der Waals surface area contributed by atoms with Crippen LogP contribution in [0.25, 0.3) is 0 Å². The van der Waals surface area contributed by atoms with Gasteiger partial charge in [0.15, 0.2) is 0 Å². The Hall–Kier alpha value is 0.0400. The highest BCUT2D eigenvalue weighted by Crippen LogP contribution is 2.15. The normalized spacial score (nSPS) is 17.6. The molecule has 120 valence electrons. The second-order valence-corrected chi connectivity index (χ2v) is 5.82. The highest BCUT2D eigenvalue weighted by atomic mass is 32.1. The van der Waals surface area contributed by atoms with Gasteiger partial charge in [-0.1, -0.05) is 26.1 Å². The van der Waals surface area contributed by atoms with Crippen molar-refractivity contribution >= 4 is 29.2 Å². The first-order valence-corrected chi connectivity index (χ1v) is 7.48. The van der Waals surface area contributed by atoms with E-state index in [1.165, 1.54) is 0 Å².